The van der Waals surface area contributed by atoms with E-state index in [2.05, 4.69) is 29.6 Å². The maximum Gasteiger partial charge on any atom is 0.309 e. The van der Waals surface area contributed by atoms with Crippen molar-refractivity contribution >= 4 is 5.97 Å². The van der Waals surface area contributed by atoms with Crippen LogP contribution in [0, 0.1) is 11.3 Å². The Balaban J connectivity index is 1.65. The molecule has 1 aliphatic rings. The van der Waals surface area contributed by atoms with Gasteiger partial charge in [-0.3, -0.25) is 4.79 Å². The molecule has 0 spiro atoms. The number of hydrogen-bond donors (Lipinski definition) is 2. The number of aliphatic carboxylic acids is 1. The molecule has 0 aliphatic heterocycles. The fourth-order valence-electron chi connectivity index (χ4n) is 2.38. The highest BCUT2D eigenvalue weighted by Gasteiger charge is 2.37. The molecule has 1 fully saturated rings. The molecule has 2 atom stereocenters. The van der Waals surface area contributed by atoms with Gasteiger partial charge in [0.15, 0.2) is 0 Å². The van der Waals surface area contributed by atoms with Gasteiger partial charge in [0.25, 0.3) is 0 Å². The molecular weight excluding hydrogens is 238 g/mol. The number of carbonyl (C=O) groups is 1. The maximum atomic E-state index is 11.0. The molecule has 2 N–H and O–H groups in total. The zero-order chi connectivity index (χ0) is 13.9. The molecule has 2 unspecified atom stereocenters. The van der Waals surface area contributed by atoms with Gasteiger partial charge in [-0.05, 0) is 57.2 Å². The van der Waals surface area contributed by atoms with Crippen LogP contribution in [-0.2, 0) is 4.79 Å². The summed E-state index contributed by atoms with van der Waals surface area (Å²) in [5.41, 5.74) is 0.801. The van der Waals surface area contributed by atoms with E-state index in [9.17, 15) is 4.79 Å². The van der Waals surface area contributed by atoms with Crippen LogP contribution in [0.4, 0.5) is 0 Å². The molecule has 1 aliphatic carbocycles. The minimum Gasteiger partial charge on any atom is -0.481 e. The van der Waals surface area contributed by atoms with E-state index in [4.69, 9.17) is 5.11 Å². The minimum atomic E-state index is -0.720. The number of rotatable bonds is 7. The van der Waals surface area contributed by atoms with Gasteiger partial charge in [-0.2, -0.15) is 0 Å². The topological polar surface area (TPSA) is 49.3 Å². The van der Waals surface area contributed by atoms with E-state index < -0.39 is 11.4 Å². The molecule has 0 saturated heterocycles. The fraction of sp³-hybridized carbons (Fsp3) is 0.562. The van der Waals surface area contributed by atoms with Crippen LogP contribution in [0.25, 0.3) is 0 Å². The van der Waals surface area contributed by atoms with Gasteiger partial charge in [0.05, 0.1) is 5.41 Å². The first kappa shape index (κ1) is 14.1. The number of nitrogens with one attached hydrogen (secondary N) is 1. The van der Waals surface area contributed by atoms with Crippen LogP contribution in [0.3, 0.4) is 0 Å². The Hall–Kier alpha value is -1.35. The Kier molecular flexibility index (Phi) is 4.25. The lowest BCUT2D eigenvalue weighted by atomic mass is 9.90. The number of carboxylic acids is 1. The van der Waals surface area contributed by atoms with Crippen molar-refractivity contribution in [1.82, 2.24) is 5.32 Å². The SMILES string of the molecule is CC(C)(CCNCC1CC1c1ccccc1)C(=O)O. The number of benzene rings is 1. The maximum absolute atomic E-state index is 11.0. The van der Waals surface area contributed by atoms with Crippen molar-refractivity contribution in [3.63, 3.8) is 0 Å². The third-order valence-corrected chi connectivity index (χ3v) is 4.06. The molecule has 3 nitrogen and oxygen atoms in total. The van der Waals surface area contributed by atoms with E-state index in [1.807, 2.05) is 6.07 Å². The van der Waals surface area contributed by atoms with Gasteiger partial charge < -0.3 is 10.4 Å². The van der Waals surface area contributed by atoms with Crippen molar-refractivity contribution in [2.24, 2.45) is 11.3 Å². The Morgan fingerprint density at radius 2 is 2.05 bits per heavy atom. The first-order valence-electron chi connectivity index (χ1n) is 7.00. The Morgan fingerprint density at radius 3 is 2.68 bits per heavy atom. The first-order valence-corrected chi connectivity index (χ1v) is 7.00. The van der Waals surface area contributed by atoms with Crippen LogP contribution >= 0.6 is 0 Å². The lowest BCUT2D eigenvalue weighted by Gasteiger charge is -2.18. The molecule has 1 aromatic rings. The molecule has 1 aromatic carbocycles. The van der Waals surface area contributed by atoms with Crippen LogP contribution in [-0.4, -0.2) is 24.2 Å². The molecular formula is C16H23NO2. The summed E-state index contributed by atoms with van der Waals surface area (Å²) in [7, 11) is 0. The van der Waals surface area contributed by atoms with Crippen molar-refractivity contribution < 1.29 is 9.90 Å². The monoisotopic (exact) mass is 261 g/mol. The molecule has 3 heteroatoms. The molecule has 0 heterocycles. The van der Waals surface area contributed by atoms with Gasteiger partial charge in [0.1, 0.15) is 0 Å². The molecule has 104 valence electrons. The second-order valence-electron chi connectivity index (χ2n) is 6.16. The zero-order valence-electron chi connectivity index (χ0n) is 11.7. The van der Waals surface area contributed by atoms with E-state index in [1.165, 1.54) is 12.0 Å². The van der Waals surface area contributed by atoms with E-state index in [-0.39, 0.29) is 0 Å². The van der Waals surface area contributed by atoms with E-state index in [0.717, 1.165) is 19.0 Å². The van der Waals surface area contributed by atoms with Gasteiger partial charge in [-0.1, -0.05) is 30.3 Å². The molecule has 0 radical (unpaired) electrons. The average Bonchev–Trinajstić information content (AvgIpc) is 3.15. The summed E-state index contributed by atoms with van der Waals surface area (Å²) in [6.07, 6.45) is 1.92. The zero-order valence-corrected chi connectivity index (χ0v) is 11.7. The summed E-state index contributed by atoms with van der Waals surface area (Å²) in [5, 5.41) is 12.4. The summed E-state index contributed by atoms with van der Waals surface area (Å²) in [6, 6.07) is 10.6. The standard InChI is InChI=1S/C16H23NO2/c1-16(2,15(18)19)8-9-17-11-13-10-14(13)12-6-4-3-5-7-12/h3-7,13-14,17H,8-11H2,1-2H3,(H,18,19). The van der Waals surface area contributed by atoms with Gasteiger partial charge in [-0.15, -0.1) is 0 Å². The summed E-state index contributed by atoms with van der Waals surface area (Å²) < 4.78 is 0. The van der Waals surface area contributed by atoms with E-state index in [1.54, 1.807) is 13.8 Å². The van der Waals surface area contributed by atoms with Crippen LogP contribution in [0.15, 0.2) is 30.3 Å². The van der Waals surface area contributed by atoms with Crippen molar-refractivity contribution in [3.8, 4) is 0 Å². The quantitative estimate of drug-likeness (QED) is 0.742. The van der Waals surface area contributed by atoms with E-state index >= 15 is 0 Å². The van der Waals surface area contributed by atoms with Crippen LogP contribution in [0.2, 0.25) is 0 Å². The minimum absolute atomic E-state index is 0.630. The van der Waals surface area contributed by atoms with Crippen molar-refractivity contribution in [3.05, 3.63) is 35.9 Å². The molecule has 1 saturated carbocycles. The Morgan fingerprint density at radius 1 is 1.37 bits per heavy atom. The highest BCUT2D eigenvalue weighted by Crippen LogP contribution is 2.46. The van der Waals surface area contributed by atoms with Crippen LogP contribution in [0.5, 0.6) is 0 Å². The summed E-state index contributed by atoms with van der Waals surface area (Å²) >= 11 is 0. The molecule has 19 heavy (non-hydrogen) atoms. The average molecular weight is 261 g/mol. The highest BCUT2D eigenvalue weighted by molar-refractivity contribution is 5.73. The Bertz CT molecular complexity index is 428. The van der Waals surface area contributed by atoms with E-state index in [0.29, 0.717) is 12.3 Å². The highest BCUT2D eigenvalue weighted by atomic mass is 16.4. The third kappa shape index (κ3) is 3.80. The predicted octanol–water partition coefficient (Wildman–Crippen LogP) is 2.88. The predicted molar refractivity (Wildman–Crippen MR) is 76.2 cm³/mol. The second-order valence-corrected chi connectivity index (χ2v) is 6.16. The number of carboxylic acid groups (broad SMARTS) is 1. The largest absolute Gasteiger partial charge is 0.481 e. The third-order valence-electron chi connectivity index (χ3n) is 4.06. The fourth-order valence-corrected chi connectivity index (χ4v) is 2.38. The second kappa shape index (κ2) is 5.74. The van der Waals surface area contributed by atoms with Gasteiger partial charge in [0.2, 0.25) is 0 Å². The normalized spacial score (nSPS) is 22.2. The first-order chi connectivity index (χ1) is 9.00. The lowest BCUT2D eigenvalue weighted by Crippen LogP contribution is -2.29. The molecule has 2 rings (SSSR count). The van der Waals surface area contributed by atoms with Gasteiger partial charge in [-0.25, -0.2) is 0 Å². The Labute approximate surface area is 115 Å². The summed E-state index contributed by atoms with van der Waals surface area (Å²) in [6.45, 7) is 5.33. The van der Waals surface area contributed by atoms with Crippen molar-refractivity contribution in [2.45, 2.75) is 32.6 Å². The van der Waals surface area contributed by atoms with Crippen molar-refractivity contribution in [2.75, 3.05) is 13.1 Å². The molecule has 0 aromatic heterocycles. The van der Waals surface area contributed by atoms with Crippen LogP contribution in [0.1, 0.15) is 38.2 Å². The summed E-state index contributed by atoms with van der Waals surface area (Å²) in [5.74, 6) is 0.694. The summed E-state index contributed by atoms with van der Waals surface area (Å²) in [4.78, 5) is 11.0. The van der Waals surface area contributed by atoms with Gasteiger partial charge in [0, 0.05) is 0 Å². The lowest BCUT2D eigenvalue weighted by molar-refractivity contribution is -0.147. The molecule has 0 bridgehead atoms. The smallest absolute Gasteiger partial charge is 0.309 e. The van der Waals surface area contributed by atoms with Crippen LogP contribution < -0.4 is 5.32 Å². The van der Waals surface area contributed by atoms with Crippen molar-refractivity contribution in [1.29, 1.82) is 0 Å². The van der Waals surface area contributed by atoms with Gasteiger partial charge >= 0.3 is 5.97 Å². The molecule has 0 amide bonds. The number of hydrogen-bond acceptors (Lipinski definition) is 2.